The summed E-state index contributed by atoms with van der Waals surface area (Å²) in [6, 6.07) is 49.8. The maximum atomic E-state index is 11.3. The summed E-state index contributed by atoms with van der Waals surface area (Å²) in [5.74, 6) is 0.662. The maximum absolute atomic E-state index is 11.3. The molecule has 0 radical (unpaired) electrons. The van der Waals surface area contributed by atoms with Crippen LogP contribution < -0.4 is 0 Å². The van der Waals surface area contributed by atoms with E-state index in [0.29, 0.717) is 16.7 Å². The fourth-order valence-corrected chi connectivity index (χ4v) is 9.41. The second-order valence-electron chi connectivity index (χ2n) is 15.0. The van der Waals surface area contributed by atoms with Gasteiger partial charge in [-0.25, -0.2) is 0 Å². The summed E-state index contributed by atoms with van der Waals surface area (Å²) in [5.41, 5.74) is 5.72. The number of aliphatic hydroxyl groups excluding tert-OH is 1. The number of aromatic amines is 2. The van der Waals surface area contributed by atoms with Crippen LogP contribution in [0, 0.1) is 0 Å². The van der Waals surface area contributed by atoms with Crippen LogP contribution in [-0.4, -0.2) is 25.3 Å². The highest BCUT2D eigenvalue weighted by molar-refractivity contribution is 6.25. The monoisotopic (exact) mass is 724 g/mol. The molecule has 5 nitrogen and oxygen atoms in total. The second kappa shape index (κ2) is 12.2. The molecule has 2 unspecified atom stereocenters. The number of hydrogen-bond acceptors (Lipinski definition) is 3. The highest BCUT2D eigenvalue weighted by Crippen LogP contribution is 2.43. The molecule has 0 saturated carbocycles. The van der Waals surface area contributed by atoms with Gasteiger partial charge in [-0.05, 0) is 106 Å². The second-order valence-corrected chi connectivity index (χ2v) is 15.0. The van der Waals surface area contributed by atoms with E-state index in [1.807, 2.05) is 30.5 Å². The molecule has 0 aliphatic carbocycles. The van der Waals surface area contributed by atoms with Crippen molar-refractivity contribution in [2.45, 2.75) is 18.9 Å². The van der Waals surface area contributed by atoms with Gasteiger partial charge in [0, 0.05) is 45.7 Å². The van der Waals surface area contributed by atoms with Crippen molar-refractivity contribution in [2.24, 2.45) is 0 Å². The Bertz CT molecular complexity index is 3190. The van der Waals surface area contributed by atoms with Gasteiger partial charge in [-0.15, -0.1) is 0 Å². The van der Waals surface area contributed by atoms with E-state index in [-0.39, 0.29) is 11.7 Å². The number of aliphatic hydroxyl groups is 1. The number of phenols is 2. The first-order chi connectivity index (χ1) is 27.4. The molecule has 0 spiro atoms. The Labute approximate surface area is 321 Å². The summed E-state index contributed by atoms with van der Waals surface area (Å²) >= 11 is 0. The van der Waals surface area contributed by atoms with E-state index in [9.17, 15) is 15.3 Å². The van der Waals surface area contributed by atoms with Gasteiger partial charge in [0.2, 0.25) is 0 Å². The topological polar surface area (TPSA) is 92.3 Å². The Balaban J connectivity index is 0.000000130. The average Bonchev–Trinajstić information content (AvgIpc) is 3.88. The number of aromatic nitrogens is 2. The molecule has 56 heavy (non-hydrogen) atoms. The highest BCUT2D eigenvalue weighted by Gasteiger charge is 2.22. The fraction of sp³-hybridized carbons (Fsp3) is 0.0588. The first-order valence-corrected chi connectivity index (χ1v) is 19.0. The molecule has 0 bridgehead atoms. The molecule has 2 aromatic heterocycles. The molecule has 2 heterocycles. The molecule has 10 aromatic carbocycles. The molecule has 5 N–H and O–H groups in total. The van der Waals surface area contributed by atoms with E-state index in [0.717, 1.165) is 38.3 Å². The maximum Gasteiger partial charge on any atom is 0.125 e. The number of hydrogen-bond donors (Lipinski definition) is 5. The summed E-state index contributed by atoms with van der Waals surface area (Å²) < 4.78 is 0. The van der Waals surface area contributed by atoms with Gasteiger partial charge in [-0.2, -0.15) is 0 Å². The number of rotatable bonds is 4. The molecule has 12 aromatic rings. The molecule has 0 aliphatic rings. The molecule has 268 valence electrons. The van der Waals surface area contributed by atoms with Crippen LogP contribution in [-0.2, 0) is 0 Å². The predicted octanol–water partition coefficient (Wildman–Crippen LogP) is 12.8. The molecule has 12 rings (SSSR count). The van der Waals surface area contributed by atoms with Gasteiger partial charge in [-0.3, -0.25) is 0 Å². The Hall–Kier alpha value is -7.08. The zero-order valence-electron chi connectivity index (χ0n) is 30.5. The van der Waals surface area contributed by atoms with Crippen molar-refractivity contribution in [2.75, 3.05) is 0 Å². The van der Waals surface area contributed by atoms with Gasteiger partial charge in [0.05, 0.1) is 0 Å². The van der Waals surface area contributed by atoms with E-state index in [1.165, 1.54) is 59.4 Å². The number of H-pyrrole nitrogens is 2. The van der Waals surface area contributed by atoms with Gasteiger partial charge >= 0.3 is 0 Å². The standard InChI is InChI=1S/C26H19NO.C25H17NO2/c1-15(21-14-27-22-6-3-7-23(28)26(21)22)19-12-10-18-9-8-16-4-2-5-17-11-13-20(19)25(18)24(16)17;27-21-6-2-5-20-24(21)19(13-26-20)25(28)18-12-10-16-8-7-14-3-1-4-15-9-11-17(18)23(16)22(14)15/h2-15,27-28H,1H3;1-13,25-28H. The SMILES string of the molecule is CC(c1ccc2ccc3cccc4ccc1c2c34)c1c[nH]c2cccc(O)c12.Oc1cccc2[nH]cc(C(O)c3ccc4ccc5cccc6ccc3c4c56)c12. The Morgan fingerprint density at radius 3 is 1.30 bits per heavy atom. The minimum absolute atomic E-state index is 0.159. The van der Waals surface area contributed by atoms with Crippen LogP contribution in [0.25, 0.3) is 86.4 Å². The van der Waals surface area contributed by atoms with E-state index < -0.39 is 6.10 Å². The minimum atomic E-state index is -0.841. The van der Waals surface area contributed by atoms with Crippen LogP contribution in [0.2, 0.25) is 0 Å². The number of fused-ring (bicyclic) bond motifs is 2. The summed E-state index contributed by atoms with van der Waals surface area (Å²) in [6.07, 6.45) is 2.98. The van der Waals surface area contributed by atoms with Crippen molar-refractivity contribution in [1.29, 1.82) is 0 Å². The third kappa shape index (κ3) is 4.71. The van der Waals surface area contributed by atoms with E-state index in [2.05, 4.69) is 120 Å². The number of phenolic OH excluding ortho intramolecular Hbond substituents is 2. The lowest BCUT2D eigenvalue weighted by molar-refractivity contribution is 0.223. The Kier molecular flexibility index (Phi) is 7.06. The molecular weight excluding hydrogens is 689 g/mol. The zero-order chi connectivity index (χ0) is 37.7. The van der Waals surface area contributed by atoms with Gasteiger partial charge in [-0.1, -0.05) is 128 Å². The number of benzene rings is 10. The van der Waals surface area contributed by atoms with Gasteiger partial charge < -0.3 is 25.3 Å². The molecular formula is C51H36N2O3. The largest absolute Gasteiger partial charge is 0.507 e. The summed E-state index contributed by atoms with van der Waals surface area (Å²) in [5, 5.41) is 48.5. The van der Waals surface area contributed by atoms with Gasteiger partial charge in [0.1, 0.15) is 17.6 Å². The van der Waals surface area contributed by atoms with Crippen LogP contribution in [0.1, 0.15) is 41.2 Å². The summed E-state index contributed by atoms with van der Waals surface area (Å²) in [7, 11) is 0. The van der Waals surface area contributed by atoms with Crippen molar-refractivity contribution in [3.63, 3.8) is 0 Å². The van der Waals surface area contributed by atoms with Crippen LogP contribution >= 0.6 is 0 Å². The van der Waals surface area contributed by atoms with Crippen molar-refractivity contribution in [1.82, 2.24) is 9.97 Å². The van der Waals surface area contributed by atoms with E-state index in [4.69, 9.17) is 0 Å². The first kappa shape index (κ1) is 32.4. The normalized spacial score (nSPS) is 13.2. The zero-order valence-corrected chi connectivity index (χ0v) is 30.5. The first-order valence-electron chi connectivity index (χ1n) is 19.0. The lowest BCUT2D eigenvalue weighted by atomic mass is 9.85. The fourth-order valence-electron chi connectivity index (χ4n) is 9.41. The van der Waals surface area contributed by atoms with E-state index >= 15 is 0 Å². The third-order valence-corrected chi connectivity index (χ3v) is 12.1. The number of aromatic hydroxyl groups is 2. The molecule has 0 aliphatic heterocycles. The highest BCUT2D eigenvalue weighted by atomic mass is 16.3. The smallest absolute Gasteiger partial charge is 0.125 e. The Morgan fingerprint density at radius 2 is 0.768 bits per heavy atom. The van der Waals surface area contributed by atoms with E-state index in [1.54, 1.807) is 24.4 Å². The molecule has 0 fully saturated rings. The molecule has 5 heteroatoms. The van der Waals surface area contributed by atoms with Crippen LogP contribution in [0.5, 0.6) is 11.5 Å². The van der Waals surface area contributed by atoms with Crippen molar-refractivity contribution < 1.29 is 15.3 Å². The molecule has 0 amide bonds. The van der Waals surface area contributed by atoms with Crippen LogP contribution in [0.4, 0.5) is 0 Å². The lowest BCUT2D eigenvalue weighted by Crippen LogP contribution is -2.00. The average molecular weight is 725 g/mol. The van der Waals surface area contributed by atoms with Crippen LogP contribution in [0.3, 0.4) is 0 Å². The van der Waals surface area contributed by atoms with Crippen LogP contribution in [0.15, 0.2) is 158 Å². The quantitative estimate of drug-likeness (QED) is 0.117. The van der Waals surface area contributed by atoms with Crippen molar-refractivity contribution in [3.8, 4) is 11.5 Å². The van der Waals surface area contributed by atoms with Gasteiger partial charge in [0.25, 0.3) is 0 Å². The summed E-state index contributed by atoms with van der Waals surface area (Å²) in [6.45, 7) is 2.22. The van der Waals surface area contributed by atoms with Gasteiger partial charge in [0.15, 0.2) is 0 Å². The summed E-state index contributed by atoms with van der Waals surface area (Å²) in [4.78, 5) is 6.48. The third-order valence-electron chi connectivity index (χ3n) is 12.1. The van der Waals surface area contributed by atoms with Crippen molar-refractivity contribution in [3.05, 3.63) is 180 Å². The Morgan fingerprint density at radius 1 is 0.375 bits per heavy atom. The molecule has 2 atom stereocenters. The number of nitrogens with one attached hydrogen (secondary N) is 2. The minimum Gasteiger partial charge on any atom is -0.507 e. The predicted molar refractivity (Wildman–Crippen MR) is 232 cm³/mol. The molecule has 0 saturated heterocycles. The lowest BCUT2D eigenvalue weighted by Gasteiger charge is -2.18. The van der Waals surface area contributed by atoms with Crippen molar-refractivity contribution >= 4 is 86.4 Å².